The molecule has 0 saturated heterocycles. The number of hydrogen-bond donors (Lipinski definition) is 1. The Bertz CT molecular complexity index is 831. The van der Waals surface area contributed by atoms with Crippen LogP contribution in [-0.4, -0.2) is 36.6 Å². The quantitative estimate of drug-likeness (QED) is 0.399. The molecule has 0 aliphatic rings. The van der Waals surface area contributed by atoms with Crippen molar-refractivity contribution in [2.24, 2.45) is 0 Å². The number of nitrogens with one attached hydrogen (secondary N) is 1. The highest BCUT2D eigenvalue weighted by Gasteiger charge is 2.18. The zero-order valence-electron chi connectivity index (χ0n) is 15.9. The van der Waals surface area contributed by atoms with Crippen molar-refractivity contribution in [3.63, 3.8) is 0 Å². The van der Waals surface area contributed by atoms with Crippen LogP contribution in [0.3, 0.4) is 0 Å². The molecule has 0 aliphatic carbocycles. The number of benzene rings is 2. The molecule has 28 heavy (non-hydrogen) atoms. The molecule has 0 bridgehead atoms. The lowest BCUT2D eigenvalue weighted by Gasteiger charge is -2.16. The number of amides is 1. The minimum Gasteiger partial charge on any atom is -0.452 e. The molecule has 2 rings (SSSR count). The Morgan fingerprint density at radius 3 is 2.36 bits per heavy atom. The van der Waals surface area contributed by atoms with Crippen LogP contribution >= 0.6 is 11.8 Å². The Hall–Kier alpha value is -2.86. The van der Waals surface area contributed by atoms with Crippen LogP contribution in [0.25, 0.3) is 6.08 Å². The molecule has 0 saturated carbocycles. The Kier molecular flexibility index (Phi) is 8.49. The third kappa shape index (κ3) is 7.40. The van der Waals surface area contributed by atoms with E-state index in [1.54, 1.807) is 17.8 Å². The zero-order chi connectivity index (χ0) is 20.4. The van der Waals surface area contributed by atoms with E-state index in [4.69, 9.17) is 4.74 Å². The van der Waals surface area contributed by atoms with Crippen LogP contribution in [0.5, 0.6) is 0 Å². The standard InChI is InChI=1S/C22H23NO4S/c1-16(24)20(14-18-6-4-3-5-7-18)23-21(25)15-27-22(26)13-10-17-8-11-19(28-2)12-9-17/h3-13,20H,14-15H2,1-2H3,(H,23,25)/b13-10+/t20-/m1/s1. The van der Waals surface area contributed by atoms with Gasteiger partial charge in [0.15, 0.2) is 12.4 Å². The Balaban J connectivity index is 1.81. The minimum absolute atomic E-state index is 0.155. The van der Waals surface area contributed by atoms with Gasteiger partial charge >= 0.3 is 5.97 Å². The maximum atomic E-state index is 12.0. The van der Waals surface area contributed by atoms with E-state index in [0.29, 0.717) is 6.42 Å². The summed E-state index contributed by atoms with van der Waals surface area (Å²) in [6.07, 6.45) is 5.28. The minimum atomic E-state index is -0.654. The molecule has 0 fully saturated rings. The molecule has 2 aromatic carbocycles. The summed E-state index contributed by atoms with van der Waals surface area (Å²) in [5, 5.41) is 2.61. The number of carbonyl (C=O) groups is 3. The van der Waals surface area contributed by atoms with Crippen LogP contribution in [0, 0.1) is 0 Å². The summed E-state index contributed by atoms with van der Waals surface area (Å²) in [6, 6.07) is 16.4. The average Bonchev–Trinajstić information content (AvgIpc) is 2.71. The summed E-state index contributed by atoms with van der Waals surface area (Å²) in [5.74, 6) is -1.29. The van der Waals surface area contributed by atoms with Gasteiger partial charge in [0, 0.05) is 11.0 Å². The van der Waals surface area contributed by atoms with Crippen molar-refractivity contribution in [2.75, 3.05) is 12.9 Å². The van der Waals surface area contributed by atoms with E-state index in [1.807, 2.05) is 60.9 Å². The van der Waals surface area contributed by atoms with E-state index in [2.05, 4.69) is 5.32 Å². The molecule has 2 aromatic rings. The van der Waals surface area contributed by atoms with Gasteiger partial charge in [0.1, 0.15) is 0 Å². The number of rotatable bonds is 9. The van der Waals surface area contributed by atoms with E-state index in [-0.39, 0.29) is 5.78 Å². The third-order valence-corrected chi connectivity index (χ3v) is 4.73. The van der Waals surface area contributed by atoms with Crippen molar-refractivity contribution in [1.29, 1.82) is 0 Å². The van der Waals surface area contributed by atoms with Crippen molar-refractivity contribution in [2.45, 2.75) is 24.3 Å². The lowest BCUT2D eigenvalue weighted by Crippen LogP contribution is -2.43. The number of ether oxygens (including phenoxy) is 1. The first-order valence-electron chi connectivity index (χ1n) is 8.80. The highest BCUT2D eigenvalue weighted by molar-refractivity contribution is 7.98. The second-order valence-corrected chi connectivity index (χ2v) is 7.01. The molecule has 1 N–H and O–H groups in total. The fourth-order valence-corrected chi connectivity index (χ4v) is 2.85. The number of hydrogen-bond acceptors (Lipinski definition) is 5. The number of ketones is 1. The summed E-state index contributed by atoms with van der Waals surface area (Å²) in [7, 11) is 0. The van der Waals surface area contributed by atoms with Gasteiger partial charge in [-0.05, 0) is 48.9 Å². The van der Waals surface area contributed by atoms with Crippen LogP contribution < -0.4 is 5.32 Å². The van der Waals surface area contributed by atoms with Gasteiger partial charge in [0.05, 0.1) is 6.04 Å². The molecule has 5 nitrogen and oxygen atoms in total. The van der Waals surface area contributed by atoms with Gasteiger partial charge in [-0.3, -0.25) is 9.59 Å². The fourth-order valence-electron chi connectivity index (χ4n) is 2.45. The van der Waals surface area contributed by atoms with Gasteiger partial charge in [-0.25, -0.2) is 4.79 Å². The lowest BCUT2D eigenvalue weighted by molar-refractivity contribution is -0.144. The maximum absolute atomic E-state index is 12.0. The van der Waals surface area contributed by atoms with Crippen molar-refractivity contribution in [1.82, 2.24) is 5.32 Å². The Morgan fingerprint density at radius 1 is 1.07 bits per heavy atom. The first-order chi connectivity index (χ1) is 13.5. The summed E-state index contributed by atoms with van der Waals surface area (Å²) in [4.78, 5) is 36.7. The Labute approximate surface area is 169 Å². The second kappa shape index (κ2) is 11.1. The summed E-state index contributed by atoms with van der Waals surface area (Å²) in [5.41, 5.74) is 1.80. The second-order valence-electron chi connectivity index (χ2n) is 6.13. The number of thioether (sulfide) groups is 1. The monoisotopic (exact) mass is 397 g/mol. The zero-order valence-corrected chi connectivity index (χ0v) is 16.7. The molecule has 0 radical (unpaired) electrons. The predicted octanol–water partition coefficient (Wildman–Crippen LogP) is 3.28. The van der Waals surface area contributed by atoms with E-state index in [0.717, 1.165) is 16.0 Å². The van der Waals surface area contributed by atoms with E-state index >= 15 is 0 Å². The Morgan fingerprint density at radius 2 is 1.75 bits per heavy atom. The lowest BCUT2D eigenvalue weighted by atomic mass is 10.0. The van der Waals surface area contributed by atoms with Crippen LogP contribution in [0.1, 0.15) is 18.1 Å². The van der Waals surface area contributed by atoms with Gasteiger partial charge in [-0.1, -0.05) is 42.5 Å². The average molecular weight is 397 g/mol. The molecular weight excluding hydrogens is 374 g/mol. The fraction of sp³-hybridized carbons (Fsp3) is 0.227. The molecule has 1 amide bonds. The molecule has 0 aliphatic heterocycles. The third-order valence-electron chi connectivity index (χ3n) is 3.98. The molecule has 0 spiro atoms. The molecule has 1 atom stereocenters. The molecular formula is C22H23NO4S. The largest absolute Gasteiger partial charge is 0.452 e. The number of carbonyl (C=O) groups excluding carboxylic acids is 3. The first-order valence-corrected chi connectivity index (χ1v) is 10.0. The maximum Gasteiger partial charge on any atom is 0.331 e. The molecule has 0 aromatic heterocycles. The molecule has 0 unspecified atom stereocenters. The van der Waals surface area contributed by atoms with Gasteiger partial charge in [-0.15, -0.1) is 11.8 Å². The molecule has 146 valence electrons. The number of esters is 1. The number of Topliss-reactive ketones (excluding diaryl/α,β-unsaturated/α-hetero) is 1. The van der Waals surface area contributed by atoms with Gasteiger partial charge < -0.3 is 10.1 Å². The van der Waals surface area contributed by atoms with Crippen molar-refractivity contribution in [3.8, 4) is 0 Å². The SMILES string of the molecule is CSc1ccc(/C=C/C(=O)OCC(=O)N[C@H](Cc2ccccc2)C(C)=O)cc1. The van der Waals surface area contributed by atoms with Crippen molar-refractivity contribution < 1.29 is 19.1 Å². The van der Waals surface area contributed by atoms with Crippen LogP contribution in [-0.2, 0) is 25.5 Å². The molecule has 0 heterocycles. The van der Waals surface area contributed by atoms with E-state index in [9.17, 15) is 14.4 Å². The van der Waals surface area contributed by atoms with Gasteiger partial charge in [-0.2, -0.15) is 0 Å². The smallest absolute Gasteiger partial charge is 0.331 e. The van der Waals surface area contributed by atoms with Crippen LogP contribution in [0.2, 0.25) is 0 Å². The van der Waals surface area contributed by atoms with Crippen molar-refractivity contribution >= 4 is 35.5 Å². The van der Waals surface area contributed by atoms with Crippen molar-refractivity contribution in [3.05, 3.63) is 71.8 Å². The van der Waals surface area contributed by atoms with Gasteiger partial charge in [0.2, 0.25) is 0 Å². The summed E-state index contributed by atoms with van der Waals surface area (Å²) < 4.78 is 4.95. The van der Waals surface area contributed by atoms with Gasteiger partial charge in [0.25, 0.3) is 5.91 Å². The highest BCUT2D eigenvalue weighted by atomic mass is 32.2. The normalized spacial score (nSPS) is 11.8. The van der Waals surface area contributed by atoms with E-state index in [1.165, 1.54) is 13.0 Å². The first kappa shape index (κ1) is 21.4. The van der Waals surface area contributed by atoms with Crippen LogP contribution in [0.4, 0.5) is 0 Å². The summed E-state index contributed by atoms with van der Waals surface area (Å²) in [6.45, 7) is 0.984. The molecule has 6 heteroatoms. The highest BCUT2D eigenvalue weighted by Crippen LogP contribution is 2.15. The predicted molar refractivity (Wildman–Crippen MR) is 111 cm³/mol. The summed E-state index contributed by atoms with van der Waals surface area (Å²) >= 11 is 1.64. The van der Waals surface area contributed by atoms with Crippen LogP contribution in [0.15, 0.2) is 65.6 Å². The topological polar surface area (TPSA) is 72.5 Å². The van der Waals surface area contributed by atoms with E-state index < -0.39 is 24.5 Å².